The third-order valence-electron chi connectivity index (χ3n) is 4.18. The molecule has 2 aromatic rings. The number of carbonyl (C=O) groups is 1. The van der Waals surface area contributed by atoms with E-state index in [2.05, 4.69) is 20.8 Å². The Balaban J connectivity index is 1.53. The van der Waals surface area contributed by atoms with Gasteiger partial charge in [0.1, 0.15) is 0 Å². The summed E-state index contributed by atoms with van der Waals surface area (Å²) in [6, 6.07) is 7.95. The monoisotopic (exact) mass is 314 g/mol. The zero-order valence-electron chi connectivity index (χ0n) is 13.3. The third kappa shape index (κ3) is 4.09. The number of nitrogens with one attached hydrogen (secondary N) is 2. The molecule has 0 radical (unpaired) electrons. The van der Waals surface area contributed by atoms with E-state index in [0.717, 1.165) is 24.0 Å². The van der Waals surface area contributed by atoms with Crippen LogP contribution in [0.4, 0.5) is 4.79 Å². The lowest BCUT2D eigenvalue weighted by Crippen LogP contribution is -2.42. The normalized spacial score (nSPS) is 15.3. The molecule has 3 rings (SSSR count). The van der Waals surface area contributed by atoms with E-state index in [1.54, 1.807) is 0 Å². The summed E-state index contributed by atoms with van der Waals surface area (Å²) in [5, 5.41) is 13.8. The molecule has 0 atom stereocenters. The molecular formula is C17H22N4O2. The maximum Gasteiger partial charge on any atom is 0.315 e. The molecule has 23 heavy (non-hydrogen) atoms. The number of hydrogen-bond donors (Lipinski definition) is 2. The molecule has 0 aliphatic heterocycles. The van der Waals surface area contributed by atoms with E-state index in [-0.39, 0.29) is 18.6 Å². The first-order valence-corrected chi connectivity index (χ1v) is 8.15. The number of aryl methyl sites for hydroxylation is 1. The van der Waals surface area contributed by atoms with Gasteiger partial charge in [-0.3, -0.25) is 0 Å². The van der Waals surface area contributed by atoms with Crippen LogP contribution < -0.4 is 10.6 Å². The fraction of sp³-hybridized carbons (Fsp3) is 0.471. The maximum atomic E-state index is 11.9. The van der Waals surface area contributed by atoms with Crippen LogP contribution in [0.5, 0.6) is 0 Å². The third-order valence-corrected chi connectivity index (χ3v) is 4.18. The summed E-state index contributed by atoms with van der Waals surface area (Å²) in [5.41, 5.74) is 1.99. The second-order valence-corrected chi connectivity index (χ2v) is 5.98. The summed E-state index contributed by atoms with van der Waals surface area (Å²) in [6.45, 7) is 2.23. The minimum Gasteiger partial charge on any atom is -0.419 e. The molecule has 1 saturated carbocycles. The molecule has 1 aliphatic carbocycles. The van der Waals surface area contributed by atoms with Crippen LogP contribution in [0.1, 0.15) is 43.6 Å². The second kappa shape index (κ2) is 7.26. The van der Waals surface area contributed by atoms with E-state index in [0.29, 0.717) is 11.8 Å². The zero-order valence-corrected chi connectivity index (χ0v) is 13.3. The molecule has 1 heterocycles. The zero-order chi connectivity index (χ0) is 16.1. The van der Waals surface area contributed by atoms with Crippen LogP contribution in [0.2, 0.25) is 0 Å². The highest BCUT2D eigenvalue weighted by Crippen LogP contribution is 2.21. The van der Waals surface area contributed by atoms with Gasteiger partial charge in [-0.1, -0.05) is 37.5 Å². The lowest BCUT2D eigenvalue weighted by atomic mass is 9.96. The summed E-state index contributed by atoms with van der Waals surface area (Å²) >= 11 is 0. The largest absolute Gasteiger partial charge is 0.419 e. The standard InChI is InChI=1S/C17H22N4O2/c1-12-7-5-6-10-14(12)16-21-20-15(23-16)11-18-17(22)19-13-8-3-2-4-9-13/h5-7,10,13H,2-4,8-9,11H2,1H3,(H2,18,19,22). The van der Waals surface area contributed by atoms with Crippen molar-refractivity contribution in [3.05, 3.63) is 35.7 Å². The molecule has 0 unspecified atom stereocenters. The van der Waals surface area contributed by atoms with E-state index in [1.165, 1.54) is 19.3 Å². The highest BCUT2D eigenvalue weighted by molar-refractivity contribution is 5.74. The van der Waals surface area contributed by atoms with Crippen molar-refractivity contribution in [3.8, 4) is 11.5 Å². The van der Waals surface area contributed by atoms with Gasteiger partial charge in [0.15, 0.2) is 0 Å². The van der Waals surface area contributed by atoms with Crippen molar-refractivity contribution in [3.63, 3.8) is 0 Å². The van der Waals surface area contributed by atoms with Gasteiger partial charge in [-0.15, -0.1) is 10.2 Å². The van der Waals surface area contributed by atoms with Crippen LogP contribution in [0, 0.1) is 6.92 Å². The predicted molar refractivity (Wildman–Crippen MR) is 86.7 cm³/mol. The van der Waals surface area contributed by atoms with Crippen molar-refractivity contribution in [2.75, 3.05) is 0 Å². The summed E-state index contributed by atoms with van der Waals surface area (Å²) in [4.78, 5) is 11.9. The topological polar surface area (TPSA) is 80.0 Å². The minimum absolute atomic E-state index is 0.174. The van der Waals surface area contributed by atoms with Crippen LogP contribution in [0.15, 0.2) is 28.7 Å². The number of urea groups is 1. The van der Waals surface area contributed by atoms with Crippen molar-refractivity contribution in [2.24, 2.45) is 0 Å². The Bertz CT molecular complexity index is 662. The number of nitrogens with zero attached hydrogens (tertiary/aromatic N) is 2. The first kappa shape index (κ1) is 15.5. The molecule has 6 heteroatoms. The average molecular weight is 314 g/mol. The van der Waals surface area contributed by atoms with Gasteiger partial charge in [0.25, 0.3) is 0 Å². The van der Waals surface area contributed by atoms with Crippen LogP contribution in [-0.4, -0.2) is 22.3 Å². The first-order chi connectivity index (χ1) is 11.2. The number of carbonyl (C=O) groups excluding carboxylic acids is 1. The molecule has 1 aliphatic rings. The molecule has 122 valence electrons. The Kier molecular flexibility index (Phi) is 4.90. The van der Waals surface area contributed by atoms with Gasteiger partial charge in [0, 0.05) is 11.6 Å². The molecule has 0 spiro atoms. The van der Waals surface area contributed by atoms with Crippen LogP contribution in [0.3, 0.4) is 0 Å². The molecule has 1 aromatic carbocycles. The van der Waals surface area contributed by atoms with Crippen LogP contribution in [0.25, 0.3) is 11.5 Å². The van der Waals surface area contributed by atoms with E-state index in [9.17, 15) is 4.79 Å². The van der Waals surface area contributed by atoms with Gasteiger partial charge >= 0.3 is 6.03 Å². The number of amides is 2. The van der Waals surface area contributed by atoms with Gasteiger partial charge in [0.05, 0.1) is 6.54 Å². The van der Waals surface area contributed by atoms with Crippen LogP contribution >= 0.6 is 0 Å². The number of benzene rings is 1. The SMILES string of the molecule is Cc1ccccc1-c1nnc(CNC(=O)NC2CCCCC2)o1. The van der Waals surface area contributed by atoms with E-state index >= 15 is 0 Å². The van der Waals surface area contributed by atoms with Crippen molar-refractivity contribution in [1.82, 2.24) is 20.8 Å². The fourth-order valence-corrected chi connectivity index (χ4v) is 2.89. The van der Waals surface area contributed by atoms with Crippen molar-refractivity contribution >= 4 is 6.03 Å². The molecule has 2 N–H and O–H groups in total. The minimum atomic E-state index is -0.174. The van der Waals surface area contributed by atoms with Crippen molar-refractivity contribution in [2.45, 2.75) is 51.6 Å². The smallest absolute Gasteiger partial charge is 0.315 e. The average Bonchev–Trinajstić information content (AvgIpc) is 3.03. The first-order valence-electron chi connectivity index (χ1n) is 8.15. The highest BCUT2D eigenvalue weighted by Gasteiger charge is 2.16. The lowest BCUT2D eigenvalue weighted by molar-refractivity contribution is 0.231. The number of aromatic nitrogens is 2. The predicted octanol–water partition coefficient (Wildman–Crippen LogP) is 3.18. The highest BCUT2D eigenvalue weighted by atomic mass is 16.4. The van der Waals surface area contributed by atoms with Gasteiger partial charge in [-0.2, -0.15) is 0 Å². The summed E-state index contributed by atoms with van der Waals surface area (Å²) in [6.07, 6.45) is 5.77. The lowest BCUT2D eigenvalue weighted by Gasteiger charge is -2.22. The number of hydrogen-bond acceptors (Lipinski definition) is 4. The van der Waals surface area contributed by atoms with Gasteiger partial charge < -0.3 is 15.1 Å². The van der Waals surface area contributed by atoms with E-state index < -0.39 is 0 Å². The second-order valence-electron chi connectivity index (χ2n) is 5.98. The molecular weight excluding hydrogens is 292 g/mol. The summed E-state index contributed by atoms with van der Waals surface area (Å²) in [5.74, 6) is 0.884. The Morgan fingerprint density at radius 1 is 1.22 bits per heavy atom. The molecule has 0 bridgehead atoms. The van der Waals surface area contributed by atoms with E-state index in [1.807, 2.05) is 31.2 Å². The Morgan fingerprint density at radius 2 is 2.00 bits per heavy atom. The molecule has 2 amide bonds. The molecule has 1 aromatic heterocycles. The van der Waals surface area contributed by atoms with Crippen molar-refractivity contribution in [1.29, 1.82) is 0 Å². The number of rotatable bonds is 4. The molecule has 0 saturated heterocycles. The quantitative estimate of drug-likeness (QED) is 0.908. The van der Waals surface area contributed by atoms with Gasteiger partial charge in [-0.25, -0.2) is 4.79 Å². The molecule has 1 fully saturated rings. The van der Waals surface area contributed by atoms with Crippen LogP contribution in [-0.2, 0) is 6.54 Å². The Labute approximate surface area is 135 Å². The fourth-order valence-electron chi connectivity index (χ4n) is 2.89. The van der Waals surface area contributed by atoms with Gasteiger partial charge in [-0.05, 0) is 31.4 Å². The summed E-state index contributed by atoms with van der Waals surface area (Å²) in [7, 11) is 0. The Morgan fingerprint density at radius 3 is 2.78 bits per heavy atom. The van der Waals surface area contributed by atoms with Gasteiger partial charge in [0.2, 0.25) is 11.8 Å². The Hall–Kier alpha value is -2.37. The maximum absolute atomic E-state index is 11.9. The molecule has 6 nitrogen and oxygen atoms in total. The summed E-state index contributed by atoms with van der Waals surface area (Å²) < 4.78 is 5.63. The van der Waals surface area contributed by atoms with Crippen molar-refractivity contribution < 1.29 is 9.21 Å². The van der Waals surface area contributed by atoms with E-state index in [4.69, 9.17) is 4.42 Å².